The molecule has 0 aliphatic heterocycles. The fraction of sp³-hybridized carbons (Fsp3) is 0.235. The van der Waals surface area contributed by atoms with Gasteiger partial charge in [-0.25, -0.2) is 0 Å². The molecule has 0 radical (unpaired) electrons. The lowest BCUT2D eigenvalue weighted by atomic mass is 10.0. The average Bonchev–Trinajstić information content (AvgIpc) is 2.40. The lowest BCUT2D eigenvalue weighted by Gasteiger charge is -2.20. The zero-order chi connectivity index (χ0) is 14.6. The quantitative estimate of drug-likeness (QED) is 0.604. The van der Waals surface area contributed by atoms with Crippen LogP contribution in [0.2, 0.25) is 19.6 Å². The fourth-order valence-electron chi connectivity index (χ4n) is 2.05. The zero-order valence-corrected chi connectivity index (χ0v) is 13.2. The molecule has 2 rings (SSSR count). The zero-order valence-electron chi connectivity index (χ0n) is 12.2. The summed E-state index contributed by atoms with van der Waals surface area (Å²) in [6.07, 6.45) is 1.71. The Hall–Kier alpha value is -1.87. The number of carbonyl (C=O) groups excluding carboxylic acids is 1. The summed E-state index contributed by atoms with van der Waals surface area (Å²) in [6, 6.07) is 16.1. The molecule has 0 amide bonds. The van der Waals surface area contributed by atoms with Gasteiger partial charge in [-0.1, -0.05) is 36.4 Å². The third-order valence-electron chi connectivity index (χ3n) is 2.87. The van der Waals surface area contributed by atoms with Gasteiger partial charge in [0.05, 0.1) is 5.56 Å². The summed E-state index contributed by atoms with van der Waals surface area (Å²) in [5.41, 5.74) is 3.00. The molecule has 3 heteroatoms. The third-order valence-corrected chi connectivity index (χ3v) is 3.70. The van der Waals surface area contributed by atoms with Gasteiger partial charge in [0.1, 0.15) is 5.75 Å². The van der Waals surface area contributed by atoms with E-state index in [-0.39, 0.29) is 0 Å². The lowest BCUT2D eigenvalue weighted by Crippen LogP contribution is -2.29. The van der Waals surface area contributed by atoms with Gasteiger partial charge >= 0.3 is 0 Å². The topological polar surface area (TPSA) is 26.3 Å². The molecule has 20 heavy (non-hydrogen) atoms. The van der Waals surface area contributed by atoms with Gasteiger partial charge in [-0.15, -0.1) is 0 Å². The molecule has 0 aliphatic rings. The maximum atomic E-state index is 11.3. The Labute approximate surface area is 121 Å². The molecule has 0 unspecified atom stereocenters. The number of carbonyl (C=O) groups is 1. The number of benzene rings is 2. The second-order valence-electron chi connectivity index (χ2n) is 5.87. The van der Waals surface area contributed by atoms with Crippen LogP contribution in [0.5, 0.6) is 5.75 Å². The van der Waals surface area contributed by atoms with Gasteiger partial charge in [0.15, 0.2) is 6.29 Å². The van der Waals surface area contributed by atoms with E-state index in [1.165, 1.54) is 5.56 Å². The average molecular weight is 284 g/mol. The molecule has 2 aromatic carbocycles. The summed E-state index contributed by atoms with van der Waals surface area (Å²) in [5, 5.41) is 0. The third kappa shape index (κ3) is 4.07. The molecule has 2 aromatic rings. The largest absolute Gasteiger partial charge is 0.544 e. The smallest absolute Gasteiger partial charge is 0.242 e. The first kappa shape index (κ1) is 14.5. The molecule has 0 fully saturated rings. The Balaban J connectivity index is 2.23. The number of aldehydes is 1. The highest BCUT2D eigenvalue weighted by Gasteiger charge is 2.18. The van der Waals surface area contributed by atoms with Gasteiger partial charge < -0.3 is 4.43 Å². The van der Waals surface area contributed by atoms with Gasteiger partial charge in [0.25, 0.3) is 0 Å². The Morgan fingerprint density at radius 3 is 2.30 bits per heavy atom. The van der Waals surface area contributed by atoms with Gasteiger partial charge in [0.2, 0.25) is 8.32 Å². The molecule has 0 N–H and O–H groups in total. The molecular formula is C17H20O2Si. The van der Waals surface area contributed by atoms with Crippen molar-refractivity contribution in [2.45, 2.75) is 26.1 Å². The summed E-state index contributed by atoms with van der Waals surface area (Å²) in [5.74, 6) is 0.705. The number of hydrogen-bond acceptors (Lipinski definition) is 2. The van der Waals surface area contributed by atoms with Crippen LogP contribution < -0.4 is 4.43 Å². The predicted octanol–water partition coefficient (Wildman–Crippen LogP) is 4.30. The minimum absolute atomic E-state index is 0.640. The molecule has 0 spiro atoms. The minimum atomic E-state index is -1.70. The Bertz CT molecular complexity index is 586. The molecule has 0 saturated carbocycles. The van der Waals surface area contributed by atoms with E-state index in [1.807, 2.05) is 36.4 Å². The summed E-state index contributed by atoms with van der Waals surface area (Å²) in [7, 11) is -1.70. The van der Waals surface area contributed by atoms with Crippen LogP contribution in [0.1, 0.15) is 21.5 Å². The van der Waals surface area contributed by atoms with Crippen molar-refractivity contribution in [2.75, 3.05) is 0 Å². The van der Waals surface area contributed by atoms with Crippen LogP contribution in [0.15, 0.2) is 48.5 Å². The van der Waals surface area contributed by atoms with Gasteiger partial charge in [-0.3, -0.25) is 4.79 Å². The van der Waals surface area contributed by atoms with E-state index < -0.39 is 8.32 Å². The van der Waals surface area contributed by atoms with Crippen molar-refractivity contribution < 1.29 is 9.22 Å². The van der Waals surface area contributed by atoms with Crippen molar-refractivity contribution in [3.63, 3.8) is 0 Å². The van der Waals surface area contributed by atoms with Crippen molar-refractivity contribution in [1.82, 2.24) is 0 Å². The first-order valence-corrected chi connectivity index (χ1v) is 10.2. The summed E-state index contributed by atoms with van der Waals surface area (Å²) >= 11 is 0. The first-order valence-electron chi connectivity index (χ1n) is 6.79. The maximum Gasteiger partial charge on any atom is 0.242 e. The van der Waals surface area contributed by atoms with Gasteiger partial charge in [-0.2, -0.15) is 0 Å². The van der Waals surface area contributed by atoms with Crippen LogP contribution in [0.25, 0.3) is 0 Å². The van der Waals surface area contributed by atoms with E-state index in [0.29, 0.717) is 11.3 Å². The molecule has 2 nitrogen and oxygen atoms in total. The van der Waals surface area contributed by atoms with Crippen LogP contribution in [0.3, 0.4) is 0 Å². The normalized spacial score (nSPS) is 11.2. The standard InChI is InChI=1S/C17H20O2Si/c1-20(2,3)19-17-10-9-15(12-16(17)13-18)11-14-7-5-4-6-8-14/h4-10,12-13H,11H2,1-3H3. The maximum absolute atomic E-state index is 11.3. The second kappa shape index (κ2) is 6.05. The number of rotatable bonds is 5. The van der Waals surface area contributed by atoms with E-state index in [9.17, 15) is 4.79 Å². The first-order chi connectivity index (χ1) is 9.48. The second-order valence-corrected chi connectivity index (χ2v) is 10.3. The highest BCUT2D eigenvalue weighted by molar-refractivity contribution is 6.70. The van der Waals surface area contributed by atoms with E-state index in [1.54, 1.807) is 0 Å². The monoisotopic (exact) mass is 284 g/mol. The molecule has 0 heterocycles. The van der Waals surface area contributed by atoms with Crippen LogP contribution in [-0.4, -0.2) is 14.6 Å². The van der Waals surface area contributed by atoms with Crippen LogP contribution in [0.4, 0.5) is 0 Å². The van der Waals surface area contributed by atoms with E-state index >= 15 is 0 Å². The molecule has 0 saturated heterocycles. The van der Waals surface area contributed by atoms with Crippen molar-refractivity contribution in [3.05, 3.63) is 65.2 Å². The molecule has 0 aromatic heterocycles. The van der Waals surface area contributed by atoms with E-state index in [2.05, 4.69) is 31.8 Å². The molecule has 104 valence electrons. The Morgan fingerprint density at radius 2 is 1.70 bits per heavy atom. The SMILES string of the molecule is C[Si](C)(C)Oc1ccc(Cc2ccccc2)cc1C=O. The highest BCUT2D eigenvalue weighted by atomic mass is 28.4. The molecule has 0 atom stereocenters. The van der Waals surface area contributed by atoms with Crippen molar-refractivity contribution in [1.29, 1.82) is 0 Å². The molecular weight excluding hydrogens is 264 g/mol. The molecule has 0 bridgehead atoms. The Kier molecular flexibility index (Phi) is 4.40. The Morgan fingerprint density at radius 1 is 1.00 bits per heavy atom. The number of hydrogen-bond donors (Lipinski definition) is 0. The van der Waals surface area contributed by atoms with Gasteiger partial charge in [-0.05, 0) is 49.3 Å². The van der Waals surface area contributed by atoms with Crippen molar-refractivity contribution >= 4 is 14.6 Å². The van der Waals surface area contributed by atoms with E-state index in [0.717, 1.165) is 18.3 Å². The summed E-state index contributed by atoms with van der Waals surface area (Å²) < 4.78 is 5.94. The summed E-state index contributed by atoms with van der Waals surface area (Å²) in [4.78, 5) is 11.3. The highest BCUT2D eigenvalue weighted by Crippen LogP contribution is 2.23. The van der Waals surface area contributed by atoms with Gasteiger partial charge in [0, 0.05) is 0 Å². The minimum Gasteiger partial charge on any atom is -0.544 e. The fourth-order valence-corrected chi connectivity index (χ4v) is 2.90. The lowest BCUT2D eigenvalue weighted by molar-refractivity contribution is 0.112. The van der Waals surface area contributed by atoms with Crippen molar-refractivity contribution in [3.8, 4) is 5.75 Å². The van der Waals surface area contributed by atoms with E-state index in [4.69, 9.17) is 4.43 Å². The predicted molar refractivity (Wildman–Crippen MR) is 85.1 cm³/mol. The van der Waals surface area contributed by atoms with Crippen LogP contribution >= 0.6 is 0 Å². The van der Waals surface area contributed by atoms with Crippen LogP contribution in [0, 0.1) is 0 Å². The summed E-state index contributed by atoms with van der Waals surface area (Å²) in [6.45, 7) is 6.33. The molecule has 0 aliphatic carbocycles. The van der Waals surface area contributed by atoms with Crippen LogP contribution in [-0.2, 0) is 6.42 Å². The van der Waals surface area contributed by atoms with Crippen molar-refractivity contribution in [2.24, 2.45) is 0 Å².